The second-order valence-electron chi connectivity index (χ2n) is 7.26. The maximum absolute atomic E-state index is 12.7. The highest BCUT2D eigenvalue weighted by Crippen LogP contribution is 2.45. The molecule has 2 aromatic carbocycles. The van der Waals surface area contributed by atoms with Crippen molar-refractivity contribution >= 4 is 37.8 Å². The van der Waals surface area contributed by atoms with Gasteiger partial charge in [0.25, 0.3) is 5.91 Å². The van der Waals surface area contributed by atoms with Gasteiger partial charge in [-0.2, -0.15) is 4.31 Å². The number of sulfonamides is 1. The van der Waals surface area contributed by atoms with Crippen LogP contribution in [0.25, 0.3) is 0 Å². The van der Waals surface area contributed by atoms with Gasteiger partial charge in [0.15, 0.2) is 0 Å². The zero-order valence-electron chi connectivity index (χ0n) is 15.5. The summed E-state index contributed by atoms with van der Waals surface area (Å²) >= 11 is 3.41. The van der Waals surface area contributed by atoms with Crippen LogP contribution in [0.2, 0.25) is 0 Å². The lowest BCUT2D eigenvalue weighted by molar-refractivity contribution is -0.122. The first kappa shape index (κ1) is 20.1. The van der Waals surface area contributed by atoms with E-state index in [1.807, 2.05) is 24.3 Å². The van der Waals surface area contributed by atoms with Gasteiger partial charge in [0, 0.05) is 23.1 Å². The molecule has 2 N–H and O–H groups in total. The fourth-order valence-corrected chi connectivity index (χ4v) is 5.08. The highest BCUT2D eigenvalue weighted by Gasteiger charge is 2.45. The van der Waals surface area contributed by atoms with Crippen molar-refractivity contribution in [3.63, 3.8) is 0 Å². The van der Waals surface area contributed by atoms with Crippen molar-refractivity contribution in [2.24, 2.45) is 0 Å². The lowest BCUT2D eigenvalue weighted by Gasteiger charge is -2.26. The van der Waals surface area contributed by atoms with Gasteiger partial charge in [-0.15, -0.1) is 0 Å². The lowest BCUT2D eigenvalue weighted by atomic mass is 10.0. The predicted octanol–water partition coefficient (Wildman–Crippen LogP) is 1.99. The number of nitrogens with zero attached hydrogens (tertiary/aromatic N) is 1. The maximum atomic E-state index is 12.7. The molecule has 0 radical (unpaired) electrons. The van der Waals surface area contributed by atoms with E-state index in [1.165, 1.54) is 24.3 Å². The van der Waals surface area contributed by atoms with Crippen molar-refractivity contribution < 1.29 is 18.0 Å². The number of carbonyl (C=O) groups is 2. The van der Waals surface area contributed by atoms with E-state index in [0.29, 0.717) is 5.56 Å². The molecular weight excluding hydrogens is 458 g/mol. The fourth-order valence-electron chi connectivity index (χ4n) is 3.42. The number of halogens is 1. The minimum atomic E-state index is -3.77. The van der Waals surface area contributed by atoms with Crippen LogP contribution in [-0.2, 0) is 20.4 Å². The molecule has 2 fully saturated rings. The van der Waals surface area contributed by atoms with E-state index in [4.69, 9.17) is 0 Å². The summed E-state index contributed by atoms with van der Waals surface area (Å²) in [7, 11) is -3.77. The molecule has 29 heavy (non-hydrogen) atoms. The Labute approximate surface area is 177 Å². The zero-order chi connectivity index (χ0) is 20.6. The average molecular weight is 478 g/mol. The molecule has 2 aliphatic rings. The Bertz CT molecular complexity index is 1050. The minimum absolute atomic E-state index is 0.0674. The first-order valence-electron chi connectivity index (χ1n) is 9.26. The average Bonchev–Trinajstić information content (AvgIpc) is 3.49. The monoisotopic (exact) mass is 477 g/mol. The molecule has 1 heterocycles. The topological polar surface area (TPSA) is 95.6 Å². The molecule has 152 valence electrons. The first-order valence-corrected chi connectivity index (χ1v) is 11.5. The lowest BCUT2D eigenvalue weighted by Crippen LogP contribution is -2.49. The summed E-state index contributed by atoms with van der Waals surface area (Å²) in [6.45, 7) is 0.322. The minimum Gasteiger partial charge on any atom is -0.354 e. The van der Waals surface area contributed by atoms with Crippen LogP contribution in [0.1, 0.15) is 28.8 Å². The van der Waals surface area contributed by atoms with Gasteiger partial charge < -0.3 is 10.6 Å². The van der Waals surface area contributed by atoms with E-state index >= 15 is 0 Å². The fraction of sp³-hybridized carbons (Fsp3) is 0.300. The third kappa shape index (κ3) is 4.08. The predicted molar refractivity (Wildman–Crippen MR) is 111 cm³/mol. The molecule has 1 saturated heterocycles. The Kier molecular flexibility index (Phi) is 5.22. The smallest absolute Gasteiger partial charge is 0.251 e. The van der Waals surface area contributed by atoms with Crippen LogP contribution in [0.4, 0.5) is 0 Å². The summed E-state index contributed by atoms with van der Waals surface area (Å²) in [4.78, 5) is 24.3. The number of piperazine rings is 1. The second-order valence-corrected chi connectivity index (χ2v) is 10.1. The standard InChI is InChI=1S/C20H20BrN3O4S/c21-16-5-3-15(4-6-16)20(9-10-20)23-19(26)14-1-7-17(8-2-14)29(27,28)24-12-11-22-18(25)13-24/h1-8H,9-13H2,(H,22,25)(H,23,26). The summed E-state index contributed by atoms with van der Waals surface area (Å²) in [5.41, 5.74) is 1.09. The van der Waals surface area contributed by atoms with Crippen molar-refractivity contribution in [2.75, 3.05) is 19.6 Å². The van der Waals surface area contributed by atoms with E-state index in [0.717, 1.165) is 27.2 Å². The van der Waals surface area contributed by atoms with Crippen LogP contribution in [0, 0.1) is 0 Å². The van der Waals surface area contributed by atoms with Gasteiger partial charge in [-0.25, -0.2) is 8.42 Å². The number of benzene rings is 2. The molecule has 1 aliphatic carbocycles. The molecule has 0 unspecified atom stereocenters. The van der Waals surface area contributed by atoms with Crippen molar-refractivity contribution in [3.05, 3.63) is 64.1 Å². The van der Waals surface area contributed by atoms with Crippen LogP contribution in [-0.4, -0.2) is 44.2 Å². The number of hydrogen-bond donors (Lipinski definition) is 2. The van der Waals surface area contributed by atoms with Gasteiger partial charge in [-0.3, -0.25) is 9.59 Å². The van der Waals surface area contributed by atoms with Gasteiger partial charge in [0.05, 0.1) is 17.0 Å². The highest BCUT2D eigenvalue weighted by atomic mass is 79.9. The normalized spacial score (nSPS) is 18.7. The summed E-state index contributed by atoms with van der Waals surface area (Å²) in [6.07, 6.45) is 1.73. The number of carbonyl (C=O) groups excluding carboxylic acids is 2. The van der Waals surface area contributed by atoms with E-state index in [-0.39, 0.29) is 41.9 Å². The third-order valence-corrected chi connectivity index (χ3v) is 7.65. The van der Waals surface area contributed by atoms with E-state index in [2.05, 4.69) is 26.6 Å². The van der Waals surface area contributed by atoms with Crippen LogP contribution >= 0.6 is 15.9 Å². The third-order valence-electron chi connectivity index (χ3n) is 5.26. The summed E-state index contributed by atoms with van der Waals surface area (Å²) in [6, 6.07) is 13.7. The molecule has 0 bridgehead atoms. The van der Waals surface area contributed by atoms with Gasteiger partial charge in [-0.1, -0.05) is 28.1 Å². The zero-order valence-corrected chi connectivity index (χ0v) is 17.9. The molecule has 0 atom stereocenters. The number of nitrogens with one attached hydrogen (secondary N) is 2. The SMILES string of the molecule is O=C1CN(S(=O)(=O)c2ccc(C(=O)NC3(c4ccc(Br)cc4)CC3)cc2)CCN1. The van der Waals surface area contributed by atoms with Crippen molar-refractivity contribution in [1.82, 2.24) is 14.9 Å². The van der Waals surface area contributed by atoms with Gasteiger partial charge in [0.1, 0.15) is 0 Å². The van der Waals surface area contributed by atoms with Crippen molar-refractivity contribution in [1.29, 1.82) is 0 Å². The molecule has 4 rings (SSSR count). The molecule has 2 amide bonds. The maximum Gasteiger partial charge on any atom is 0.251 e. The Morgan fingerprint density at radius 1 is 1.07 bits per heavy atom. The molecule has 1 saturated carbocycles. The molecule has 1 aliphatic heterocycles. The van der Waals surface area contributed by atoms with Crippen LogP contribution in [0.5, 0.6) is 0 Å². The van der Waals surface area contributed by atoms with Gasteiger partial charge in [-0.05, 0) is 54.8 Å². The number of amides is 2. The van der Waals surface area contributed by atoms with E-state index in [9.17, 15) is 18.0 Å². The summed E-state index contributed by atoms with van der Waals surface area (Å²) < 4.78 is 27.5. The van der Waals surface area contributed by atoms with Crippen LogP contribution < -0.4 is 10.6 Å². The van der Waals surface area contributed by atoms with Crippen LogP contribution in [0.15, 0.2) is 57.9 Å². The summed E-state index contributed by atoms with van der Waals surface area (Å²) in [5, 5.41) is 5.68. The van der Waals surface area contributed by atoms with Gasteiger partial charge in [0.2, 0.25) is 15.9 Å². The van der Waals surface area contributed by atoms with Crippen molar-refractivity contribution in [2.45, 2.75) is 23.3 Å². The Hall–Kier alpha value is -2.23. The second kappa shape index (κ2) is 7.55. The van der Waals surface area contributed by atoms with E-state index < -0.39 is 10.0 Å². The first-order chi connectivity index (χ1) is 13.8. The molecule has 7 nitrogen and oxygen atoms in total. The summed E-state index contributed by atoms with van der Waals surface area (Å²) in [5.74, 6) is -0.565. The number of hydrogen-bond acceptors (Lipinski definition) is 4. The molecule has 0 spiro atoms. The largest absolute Gasteiger partial charge is 0.354 e. The quantitative estimate of drug-likeness (QED) is 0.687. The van der Waals surface area contributed by atoms with Crippen molar-refractivity contribution in [3.8, 4) is 0 Å². The molecule has 9 heteroatoms. The van der Waals surface area contributed by atoms with Gasteiger partial charge >= 0.3 is 0 Å². The number of rotatable bonds is 5. The highest BCUT2D eigenvalue weighted by molar-refractivity contribution is 9.10. The van der Waals surface area contributed by atoms with Crippen LogP contribution in [0.3, 0.4) is 0 Å². The van der Waals surface area contributed by atoms with E-state index in [1.54, 1.807) is 0 Å². The Morgan fingerprint density at radius 3 is 2.31 bits per heavy atom. The molecule has 0 aromatic heterocycles. The Morgan fingerprint density at radius 2 is 1.72 bits per heavy atom. The molecule has 2 aromatic rings. The Balaban J connectivity index is 1.48. The molecular formula is C20H20BrN3O4S.